The highest BCUT2D eigenvalue weighted by molar-refractivity contribution is 6.09. The van der Waals surface area contributed by atoms with Gasteiger partial charge in [0.2, 0.25) is 11.7 Å². The Balaban J connectivity index is 1.61. The van der Waals surface area contributed by atoms with Crippen LogP contribution in [0.1, 0.15) is 24.2 Å². The third-order valence-electron chi connectivity index (χ3n) is 3.92. The summed E-state index contributed by atoms with van der Waals surface area (Å²) >= 11 is 0. The summed E-state index contributed by atoms with van der Waals surface area (Å²) in [5.41, 5.74) is 1.25. The largest absolute Gasteiger partial charge is 0.494 e. The monoisotopic (exact) mass is 404 g/mol. The van der Waals surface area contributed by atoms with E-state index in [4.69, 9.17) is 14.0 Å². The summed E-state index contributed by atoms with van der Waals surface area (Å²) in [6, 6.07) is 15.8. The molecule has 0 radical (unpaired) electrons. The highest BCUT2D eigenvalue weighted by atomic mass is 16.5. The quantitative estimate of drug-likeness (QED) is 0.448. The minimum Gasteiger partial charge on any atom is -0.494 e. The second-order valence-corrected chi connectivity index (χ2v) is 6.17. The van der Waals surface area contributed by atoms with Gasteiger partial charge in [-0.2, -0.15) is 10.2 Å². The number of benzene rings is 2. The molecule has 152 valence electrons. The van der Waals surface area contributed by atoms with E-state index in [1.165, 1.54) is 6.08 Å². The molecule has 8 heteroatoms. The number of nitriles is 1. The van der Waals surface area contributed by atoms with Gasteiger partial charge in [-0.25, -0.2) is 0 Å². The molecule has 2 aromatic carbocycles. The minimum absolute atomic E-state index is 0.0141. The predicted molar refractivity (Wildman–Crippen MR) is 110 cm³/mol. The fourth-order valence-corrected chi connectivity index (χ4v) is 2.52. The summed E-state index contributed by atoms with van der Waals surface area (Å²) in [5, 5.41) is 15.8. The molecule has 0 aliphatic carbocycles. The lowest BCUT2D eigenvalue weighted by molar-refractivity contribution is -0.112. The second-order valence-electron chi connectivity index (χ2n) is 6.17. The molecule has 0 saturated heterocycles. The van der Waals surface area contributed by atoms with Gasteiger partial charge in [0.25, 0.3) is 5.91 Å². The van der Waals surface area contributed by atoms with Crippen molar-refractivity contribution in [2.45, 2.75) is 20.5 Å². The van der Waals surface area contributed by atoms with Crippen LogP contribution in [-0.4, -0.2) is 22.7 Å². The molecule has 1 amide bonds. The summed E-state index contributed by atoms with van der Waals surface area (Å²) in [6.07, 6.45) is 1.51. The zero-order chi connectivity index (χ0) is 21.3. The molecule has 0 atom stereocenters. The first-order valence-electron chi connectivity index (χ1n) is 9.25. The van der Waals surface area contributed by atoms with Crippen LogP contribution in [0.15, 0.2) is 58.6 Å². The van der Waals surface area contributed by atoms with Crippen LogP contribution in [-0.2, 0) is 11.4 Å². The van der Waals surface area contributed by atoms with E-state index in [1.807, 2.05) is 13.0 Å². The molecule has 3 aromatic rings. The molecular weight excluding hydrogens is 384 g/mol. The highest BCUT2D eigenvalue weighted by Gasteiger charge is 2.10. The molecule has 0 saturated carbocycles. The molecule has 1 N–H and O–H groups in total. The lowest BCUT2D eigenvalue weighted by atomic mass is 10.1. The number of nitrogens with zero attached hydrogens (tertiary/aromatic N) is 3. The number of nitrogens with one attached hydrogen (secondary N) is 1. The molecule has 3 rings (SSSR count). The first kappa shape index (κ1) is 20.6. The Labute approximate surface area is 173 Å². The Kier molecular flexibility index (Phi) is 6.79. The van der Waals surface area contributed by atoms with Crippen molar-refractivity contribution in [2.75, 3.05) is 11.9 Å². The van der Waals surface area contributed by atoms with Crippen LogP contribution in [0.4, 0.5) is 5.69 Å². The number of aryl methyl sites for hydroxylation is 1. The molecule has 1 aromatic heterocycles. The molecule has 0 bridgehead atoms. The van der Waals surface area contributed by atoms with E-state index in [0.717, 1.165) is 0 Å². The normalized spacial score (nSPS) is 10.9. The van der Waals surface area contributed by atoms with Crippen molar-refractivity contribution < 1.29 is 18.8 Å². The first-order chi connectivity index (χ1) is 14.6. The van der Waals surface area contributed by atoms with E-state index < -0.39 is 5.91 Å². The van der Waals surface area contributed by atoms with Gasteiger partial charge < -0.3 is 19.3 Å². The van der Waals surface area contributed by atoms with Crippen molar-refractivity contribution in [3.8, 4) is 17.6 Å². The van der Waals surface area contributed by atoms with Crippen LogP contribution < -0.4 is 14.8 Å². The standard InChI is InChI=1S/C22H20N4O4/c1-3-28-19-10-6-18(7-11-19)25-22(27)17(13-23)12-16-4-8-20(9-5-16)29-14-21-24-15(2)30-26-21/h4-12H,3,14H2,1-2H3,(H,25,27)/b17-12-. The average molecular weight is 404 g/mol. The van der Waals surface area contributed by atoms with E-state index in [9.17, 15) is 10.1 Å². The van der Waals surface area contributed by atoms with Gasteiger partial charge in [0.05, 0.1) is 6.61 Å². The van der Waals surface area contributed by atoms with E-state index in [-0.39, 0.29) is 12.2 Å². The molecule has 0 spiro atoms. The smallest absolute Gasteiger partial charge is 0.266 e. The maximum atomic E-state index is 12.4. The number of carbonyl (C=O) groups excluding carboxylic acids is 1. The molecule has 30 heavy (non-hydrogen) atoms. The summed E-state index contributed by atoms with van der Waals surface area (Å²) in [6.45, 7) is 4.34. The Hall–Kier alpha value is -4.12. The number of hydrogen-bond donors (Lipinski definition) is 1. The van der Waals surface area contributed by atoms with Crippen molar-refractivity contribution in [3.05, 3.63) is 71.4 Å². The summed E-state index contributed by atoms with van der Waals surface area (Å²) < 4.78 is 15.8. The van der Waals surface area contributed by atoms with Crippen LogP contribution in [0, 0.1) is 18.3 Å². The van der Waals surface area contributed by atoms with Crippen molar-refractivity contribution in [1.82, 2.24) is 10.1 Å². The molecule has 8 nitrogen and oxygen atoms in total. The van der Waals surface area contributed by atoms with Crippen molar-refractivity contribution >= 4 is 17.7 Å². The third-order valence-corrected chi connectivity index (χ3v) is 3.92. The van der Waals surface area contributed by atoms with Crippen molar-refractivity contribution in [2.24, 2.45) is 0 Å². The zero-order valence-electron chi connectivity index (χ0n) is 16.6. The Morgan fingerprint density at radius 2 is 1.80 bits per heavy atom. The van der Waals surface area contributed by atoms with Gasteiger partial charge in [0, 0.05) is 12.6 Å². The molecule has 0 fully saturated rings. The number of amides is 1. The van der Waals surface area contributed by atoms with Gasteiger partial charge in [-0.15, -0.1) is 0 Å². The second kappa shape index (κ2) is 9.89. The third kappa shape index (κ3) is 5.69. The lowest BCUT2D eigenvalue weighted by Gasteiger charge is -2.07. The Bertz CT molecular complexity index is 1060. The van der Waals surface area contributed by atoms with Gasteiger partial charge in [-0.05, 0) is 55.0 Å². The average Bonchev–Trinajstić information content (AvgIpc) is 3.18. The number of ether oxygens (including phenoxy) is 2. The molecule has 0 unspecified atom stereocenters. The van der Waals surface area contributed by atoms with Crippen LogP contribution in [0.2, 0.25) is 0 Å². The fraction of sp³-hybridized carbons (Fsp3) is 0.182. The van der Waals surface area contributed by atoms with E-state index >= 15 is 0 Å². The van der Waals surface area contributed by atoms with Gasteiger partial charge in [-0.1, -0.05) is 17.3 Å². The van der Waals surface area contributed by atoms with Gasteiger partial charge >= 0.3 is 0 Å². The first-order valence-corrected chi connectivity index (χ1v) is 9.25. The molecule has 1 heterocycles. The fourth-order valence-electron chi connectivity index (χ4n) is 2.52. The Morgan fingerprint density at radius 1 is 1.13 bits per heavy atom. The number of aromatic nitrogens is 2. The topological polar surface area (TPSA) is 110 Å². The predicted octanol–water partition coefficient (Wildman–Crippen LogP) is 3.90. The van der Waals surface area contributed by atoms with Crippen LogP contribution in [0.3, 0.4) is 0 Å². The van der Waals surface area contributed by atoms with Crippen molar-refractivity contribution in [1.29, 1.82) is 5.26 Å². The summed E-state index contributed by atoms with van der Waals surface area (Å²) in [7, 11) is 0. The Morgan fingerprint density at radius 3 is 2.40 bits per heavy atom. The maximum Gasteiger partial charge on any atom is 0.266 e. The van der Waals surface area contributed by atoms with E-state index in [2.05, 4.69) is 15.5 Å². The van der Waals surface area contributed by atoms with Gasteiger partial charge in [0.15, 0.2) is 6.61 Å². The lowest BCUT2D eigenvalue weighted by Crippen LogP contribution is -2.13. The van der Waals surface area contributed by atoms with Crippen LogP contribution in [0.5, 0.6) is 11.5 Å². The van der Waals surface area contributed by atoms with E-state index in [1.54, 1.807) is 55.5 Å². The molecule has 0 aliphatic rings. The van der Waals surface area contributed by atoms with E-state index in [0.29, 0.717) is 41.1 Å². The molecule has 0 aliphatic heterocycles. The SMILES string of the molecule is CCOc1ccc(NC(=O)/C(C#N)=C\c2ccc(OCc3noc(C)n3)cc2)cc1. The summed E-state index contributed by atoms with van der Waals surface area (Å²) in [4.78, 5) is 16.5. The maximum absolute atomic E-state index is 12.4. The zero-order valence-corrected chi connectivity index (χ0v) is 16.6. The number of rotatable bonds is 8. The van der Waals surface area contributed by atoms with Crippen LogP contribution >= 0.6 is 0 Å². The van der Waals surface area contributed by atoms with Crippen LogP contribution in [0.25, 0.3) is 6.08 Å². The molecular formula is C22H20N4O4. The summed E-state index contributed by atoms with van der Waals surface area (Å²) in [5.74, 6) is 1.75. The number of hydrogen-bond acceptors (Lipinski definition) is 7. The van der Waals surface area contributed by atoms with Crippen molar-refractivity contribution in [3.63, 3.8) is 0 Å². The number of carbonyl (C=O) groups is 1. The van der Waals surface area contributed by atoms with Gasteiger partial charge in [0.1, 0.15) is 23.1 Å². The minimum atomic E-state index is -0.491. The van der Waals surface area contributed by atoms with Gasteiger partial charge in [-0.3, -0.25) is 4.79 Å². The highest BCUT2D eigenvalue weighted by Crippen LogP contribution is 2.18. The number of anilines is 1.